The van der Waals surface area contributed by atoms with Gasteiger partial charge in [0.15, 0.2) is 12.4 Å². The fraction of sp³-hybridized carbons (Fsp3) is 0.250. The van der Waals surface area contributed by atoms with Crippen LogP contribution in [0.3, 0.4) is 0 Å². The number of nitrogens with two attached hydrogens (primary N) is 1. The third-order valence-electron chi connectivity index (χ3n) is 7.73. The van der Waals surface area contributed by atoms with Gasteiger partial charge in [0.2, 0.25) is 5.91 Å². The van der Waals surface area contributed by atoms with E-state index < -0.39 is 18.1 Å². The zero-order chi connectivity index (χ0) is 30.1. The predicted molar refractivity (Wildman–Crippen MR) is 170 cm³/mol. The molecule has 2 atom stereocenters. The van der Waals surface area contributed by atoms with E-state index in [9.17, 15) is 10.0 Å². The van der Waals surface area contributed by atoms with E-state index in [1.54, 1.807) is 24.5 Å². The molecule has 6 rings (SSSR count). The molecule has 220 valence electrons. The molecule has 4 aromatic rings. The summed E-state index contributed by atoms with van der Waals surface area (Å²) in [5, 5.41) is 15.3. The molecule has 1 unspecified atom stereocenters. The van der Waals surface area contributed by atoms with Gasteiger partial charge < -0.3 is 25.7 Å². The number of rotatable bonds is 8. The molecule has 0 radical (unpaired) electrons. The summed E-state index contributed by atoms with van der Waals surface area (Å²) >= 11 is 12.5. The molecule has 11 heteroatoms. The number of imidazole rings is 1. The van der Waals surface area contributed by atoms with Gasteiger partial charge in [0, 0.05) is 23.4 Å². The first-order chi connectivity index (χ1) is 20.8. The molecule has 2 aliphatic rings. The largest absolute Gasteiger partial charge is 0.619 e. The molecule has 1 aliphatic heterocycles. The van der Waals surface area contributed by atoms with Gasteiger partial charge in [-0.15, -0.1) is 0 Å². The number of fused-ring (bicyclic) bond motifs is 1. The van der Waals surface area contributed by atoms with Crippen molar-refractivity contribution in [3.8, 4) is 16.9 Å². The summed E-state index contributed by atoms with van der Waals surface area (Å²) in [6, 6.07) is 15.0. The molecule has 1 amide bonds. The number of amides is 1. The van der Waals surface area contributed by atoms with E-state index in [2.05, 4.69) is 10.3 Å². The number of aromatic nitrogens is 3. The highest BCUT2D eigenvalue weighted by molar-refractivity contribution is 7.81. The maximum Gasteiger partial charge on any atom is 0.250 e. The number of halogens is 1. The van der Waals surface area contributed by atoms with Gasteiger partial charge in [0.05, 0.1) is 32.6 Å². The number of carbonyl (C=O) groups is 1. The first-order valence-electron chi connectivity index (χ1n) is 14.0. The molecule has 2 aromatic carbocycles. The molecule has 3 heterocycles. The van der Waals surface area contributed by atoms with Crippen LogP contribution in [0.2, 0.25) is 5.02 Å². The normalized spacial score (nSPS) is 18.3. The average Bonchev–Trinajstić information content (AvgIpc) is 3.43. The number of nitrogens with zero attached hydrogens (tertiary/aromatic N) is 3. The number of primary amides is 1. The molecule has 1 aliphatic carbocycles. The van der Waals surface area contributed by atoms with E-state index in [-0.39, 0.29) is 11.7 Å². The van der Waals surface area contributed by atoms with E-state index in [1.165, 1.54) is 12.4 Å². The van der Waals surface area contributed by atoms with Crippen LogP contribution in [0.25, 0.3) is 27.9 Å². The fourth-order valence-corrected chi connectivity index (χ4v) is 6.02. The van der Waals surface area contributed by atoms with Crippen molar-refractivity contribution in [1.82, 2.24) is 14.9 Å². The van der Waals surface area contributed by atoms with Gasteiger partial charge in [-0.25, -0.2) is 4.98 Å². The van der Waals surface area contributed by atoms with Crippen molar-refractivity contribution in [1.29, 1.82) is 0 Å². The predicted octanol–water partition coefficient (Wildman–Crippen LogP) is 4.90. The smallest absolute Gasteiger partial charge is 0.250 e. The highest BCUT2D eigenvalue weighted by Crippen LogP contribution is 2.36. The number of thiocarbonyl (C=S) groups is 1. The van der Waals surface area contributed by atoms with Crippen molar-refractivity contribution in [3.05, 3.63) is 101 Å². The Bertz CT molecular complexity index is 1760. The third kappa shape index (κ3) is 6.05. The lowest BCUT2D eigenvalue weighted by atomic mass is 9.98. The second-order valence-corrected chi connectivity index (χ2v) is 11.4. The van der Waals surface area contributed by atoms with Crippen LogP contribution in [0, 0.1) is 5.21 Å². The summed E-state index contributed by atoms with van der Waals surface area (Å²) in [5.41, 5.74) is 10.7. The molecule has 2 aromatic heterocycles. The van der Waals surface area contributed by atoms with E-state index >= 15 is 0 Å². The van der Waals surface area contributed by atoms with Gasteiger partial charge in [-0.05, 0) is 74.3 Å². The van der Waals surface area contributed by atoms with Crippen LogP contribution in [0.4, 0.5) is 0 Å². The van der Waals surface area contributed by atoms with E-state index in [1.807, 2.05) is 54.0 Å². The highest BCUT2D eigenvalue weighted by Gasteiger charge is 2.29. The van der Waals surface area contributed by atoms with Crippen LogP contribution in [-0.4, -0.2) is 45.6 Å². The Morgan fingerprint density at radius 3 is 2.70 bits per heavy atom. The third-order valence-corrected chi connectivity index (χ3v) is 8.58. The number of carbonyl (C=O) groups excluding carboxylic acids is 1. The molecule has 1 saturated heterocycles. The van der Waals surface area contributed by atoms with Gasteiger partial charge in [-0.3, -0.25) is 9.36 Å². The van der Waals surface area contributed by atoms with Gasteiger partial charge in [-0.1, -0.05) is 42.0 Å². The lowest BCUT2D eigenvalue weighted by molar-refractivity contribution is -0.605. The van der Waals surface area contributed by atoms with Crippen molar-refractivity contribution >= 4 is 51.3 Å². The Kier molecular flexibility index (Phi) is 8.27. The van der Waals surface area contributed by atoms with E-state index in [0.29, 0.717) is 21.3 Å². The monoisotopic (exact) mass is 615 g/mol. The number of piperidine rings is 1. The molecule has 0 bridgehead atoms. The van der Waals surface area contributed by atoms with Gasteiger partial charge in [-0.2, -0.15) is 4.73 Å². The number of ether oxygens (including phenoxy) is 2. The number of pyridine rings is 1. The Balaban J connectivity index is 1.28. The quantitative estimate of drug-likeness (QED) is 0.164. The van der Waals surface area contributed by atoms with Crippen molar-refractivity contribution < 1.29 is 19.0 Å². The number of hydrogen-bond donors (Lipinski definition) is 2. The van der Waals surface area contributed by atoms with Gasteiger partial charge in [0.1, 0.15) is 24.3 Å². The van der Waals surface area contributed by atoms with E-state index in [4.69, 9.17) is 39.0 Å². The van der Waals surface area contributed by atoms with Gasteiger partial charge in [0.25, 0.3) is 0 Å². The van der Waals surface area contributed by atoms with Crippen LogP contribution in [-0.2, 0) is 9.53 Å². The summed E-state index contributed by atoms with van der Waals surface area (Å²) in [5.74, 6) is -0.0210. The maximum atomic E-state index is 12.5. The molecular weight excluding hydrogens is 586 g/mol. The van der Waals surface area contributed by atoms with E-state index in [0.717, 1.165) is 58.4 Å². The first-order valence-corrected chi connectivity index (χ1v) is 14.8. The zero-order valence-corrected chi connectivity index (χ0v) is 25.0. The van der Waals surface area contributed by atoms with Crippen molar-refractivity contribution in [2.75, 3.05) is 13.1 Å². The molecule has 0 saturated carbocycles. The Hall–Kier alpha value is -4.09. The Morgan fingerprint density at radius 2 is 1.95 bits per heavy atom. The van der Waals surface area contributed by atoms with Crippen LogP contribution < -0.4 is 20.5 Å². The van der Waals surface area contributed by atoms with Crippen LogP contribution >= 0.6 is 23.8 Å². The average molecular weight is 616 g/mol. The molecule has 3 N–H and O–H groups in total. The SMILES string of the molecule is C[C@@H](OC1C=C(n2cnc3cc(-c4cc[n+]([O-])cc4)ccc32)C=C(C(N)=O)C1=S)c1cccc(OC2CCNCC2)c1Cl. The minimum atomic E-state index is -0.725. The minimum Gasteiger partial charge on any atom is -0.619 e. The van der Waals surface area contributed by atoms with Crippen LogP contribution in [0.15, 0.2) is 85.0 Å². The Morgan fingerprint density at radius 1 is 1.19 bits per heavy atom. The lowest BCUT2D eigenvalue weighted by Gasteiger charge is -2.27. The molecule has 0 spiro atoms. The number of nitrogens with one attached hydrogen (secondary N) is 1. The summed E-state index contributed by atoms with van der Waals surface area (Å²) in [4.78, 5) is 17.3. The van der Waals surface area contributed by atoms with Crippen molar-refractivity contribution in [3.63, 3.8) is 0 Å². The maximum absolute atomic E-state index is 12.5. The lowest BCUT2D eigenvalue weighted by Crippen LogP contribution is -2.34. The van der Waals surface area contributed by atoms with Crippen LogP contribution in [0.1, 0.15) is 31.4 Å². The molecule has 43 heavy (non-hydrogen) atoms. The number of hydrogen-bond acceptors (Lipinski definition) is 7. The summed E-state index contributed by atoms with van der Waals surface area (Å²) in [6.45, 7) is 3.71. The standard InChI is InChI=1S/C32H30ClN5O4S/c1-19(24-3-2-4-28(30(24)33)42-23-7-11-35-12-8-23)41-29-17-22(16-25(31(29)43)32(34)39)38-18-36-26-15-21(5-6-27(26)38)20-9-13-37(40)14-10-20/h2-6,9-10,13-19,23,29,35H,7-8,11-12H2,1H3,(H2,34,39)/t19-,29?/m1/s1. The topological polar surface area (TPSA) is 118 Å². The van der Waals surface area contributed by atoms with Gasteiger partial charge >= 0.3 is 0 Å². The summed E-state index contributed by atoms with van der Waals surface area (Å²) in [7, 11) is 0. The first kappa shape index (κ1) is 29.0. The Labute approximate surface area is 259 Å². The zero-order valence-electron chi connectivity index (χ0n) is 23.4. The summed E-state index contributed by atoms with van der Waals surface area (Å²) in [6.07, 6.45) is 8.83. The molecule has 9 nitrogen and oxygen atoms in total. The fourth-order valence-electron chi connectivity index (χ4n) is 5.42. The van der Waals surface area contributed by atoms with Crippen LogP contribution in [0.5, 0.6) is 5.75 Å². The van der Waals surface area contributed by atoms with Crippen molar-refractivity contribution in [2.24, 2.45) is 5.73 Å². The summed E-state index contributed by atoms with van der Waals surface area (Å²) < 4.78 is 15.3. The second-order valence-electron chi connectivity index (χ2n) is 10.6. The number of benzene rings is 2. The van der Waals surface area contributed by atoms with Crippen molar-refractivity contribution in [2.45, 2.75) is 38.1 Å². The minimum absolute atomic E-state index is 0.100. The molecule has 1 fully saturated rings. The second kappa shape index (κ2) is 12.3. The number of allylic oxidation sites excluding steroid dienone is 2. The highest BCUT2D eigenvalue weighted by atomic mass is 35.5. The molecular formula is C32H30ClN5O4S.